The lowest BCUT2D eigenvalue weighted by atomic mass is 10.1. The summed E-state index contributed by atoms with van der Waals surface area (Å²) in [5.74, 6) is 0.649. The van der Waals surface area contributed by atoms with E-state index in [1.165, 1.54) is 0 Å². The number of ether oxygens (including phenoxy) is 3. The zero-order chi connectivity index (χ0) is 25.7. The van der Waals surface area contributed by atoms with E-state index < -0.39 is 5.79 Å². The molecule has 0 saturated carbocycles. The van der Waals surface area contributed by atoms with Gasteiger partial charge in [0.2, 0.25) is 5.79 Å². The van der Waals surface area contributed by atoms with Gasteiger partial charge in [0, 0.05) is 40.5 Å². The largest absolute Gasteiger partial charge is 0.491 e. The molecule has 5 rings (SSSR count). The molecule has 10 heteroatoms. The SMILES string of the molecule is CCCSc1nccc(-c2ccc(OCC3COC(Cn4ccnc4)(c4ccc(Cl)cc4Cl)O3)cc2)n1. The van der Waals surface area contributed by atoms with Crippen molar-refractivity contribution in [3.05, 3.63) is 89.1 Å². The van der Waals surface area contributed by atoms with Gasteiger partial charge in [-0.2, -0.15) is 0 Å². The Morgan fingerprint density at radius 3 is 2.76 bits per heavy atom. The minimum atomic E-state index is -1.08. The van der Waals surface area contributed by atoms with Crippen molar-refractivity contribution in [2.45, 2.75) is 36.9 Å². The summed E-state index contributed by atoms with van der Waals surface area (Å²) in [5, 5.41) is 1.81. The van der Waals surface area contributed by atoms with Crippen LogP contribution in [0.3, 0.4) is 0 Å². The highest BCUT2D eigenvalue weighted by Crippen LogP contribution is 2.40. The first-order valence-corrected chi connectivity index (χ1v) is 13.7. The van der Waals surface area contributed by atoms with Gasteiger partial charge in [-0.05, 0) is 48.9 Å². The van der Waals surface area contributed by atoms with E-state index in [1.807, 2.05) is 47.2 Å². The number of thioether (sulfide) groups is 1. The van der Waals surface area contributed by atoms with E-state index in [0.717, 1.165) is 34.3 Å². The predicted octanol–water partition coefficient (Wildman–Crippen LogP) is 6.50. The van der Waals surface area contributed by atoms with Crippen LogP contribution in [0.5, 0.6) is 5.75 Å². The zero-order valence-corrected chi connectivity index (χ0v) is 22.5. The van der Waals surface area contributed by atoms with E-state index >= 15 is 0 Å². The molecule has 192 valence electrons. The molecule has 2 aromatic heterocycles. The molecule has 1 fully saturated rings. The monoisotopic (exact) mass is 556 g/mol. The summed E-state index contributed by atoms with van der Waals surface area (Å²) in [4.78, 5) is 13.1. The molecule has 7 nitrogen and oxygen atoms in total. The molecule has 4 aromatic rings. The Balaban J connectivity index is 1.25. The lowest BCUT2D eigenvalue weighted by Gasteiger charge is -2.30. The fraction of sp³-hybridized carbons (Fsp3) is 0.296. The van der Waals surface area contributed by atoms with Crippen LogP contribution in [-0.4, -0.2) is 44.6 Å². The maximum atomic E-state index is 6.55. The van der Waals surface area contributed by atoms with Gasteiger partial charge in [0.05, 0.1) is 30.2 Å². The molecule has 0 N–H and O–H groups in total. The van der Waals surface area contributed by atoms with Gasteiger partial charge in [-0.15, -0.1) is 0 Å². The van der Waals surface area contributed by atoms with Crippen molar-refractivity contribution in [3.8, 4) is 17.0 Å². The summed E-state index contributed by atoms with van der Waals surface area (Å²) in [5.41, 5.74) is 2.60. The van der Waals surface area contributed by atoms with Gasteiger partial charge in [-0.3, -0.25) is 0 Å². The maximum Gasteiger partial charge on any atom is 0.215 e. The van der Waals surface area contributed by atoms with Crippen molar-refractivity contribution < 1.29 is 14.2 Å². The summed E-state index contributed by atoms with van der Waals surface area (Å²) in [6.07, 6.45) is 7.86. The smallest absolute Gasteiger partial charge is 0.215 e. The third-order valence-electron chi connectivity index (χ3n) is 5.81. The van der Waals surface area contributed by atoms with Gasteiger partial charge in [-0.1, -0.05) is 48.0 Å². The summed E-state index contributed by atoms with van der Waals surface area (Å²) in [7, 11) is 0. The van der Waals surface area contributed by atoms with Gasteiger partial charge >= 0.3 is 0 Å². The van der Waals surface area contributed by atoms with Crippen molar-refractivity contribution in [3.63, 3.8) is 0 Å². The fourth-order valence-corrected chi connectivity index (χ4v) is 5.29. The lowest BCUT2D eigenvalue weighted by molar-refractivity contribution is -0.189. The van der Waals surface area contributed by atoms with Crippen molar-refractivity contribution in [1.82, 2.24) is 19.5 Å². The predicted molar refractivity (Wildman–Crippen MR) is 145 cm³/mol. The Kier molecular flexibility index (Phi) is 8.32. The Bertz CT molecular complexity index is 1320. The third-order valence-corrected chi connectivity index (χ3v) is 7.42. The molecule has 0 amide bonds. The average molecular weight is 558 g/mol. The molecule has 1 saturated heterocycles. The van der Waals surface area contributed by atoms with Gasteiger partial charge in [0.1, 0.15) is 18.5 Å². The standard InChI is InChI=1S/C27H26Cl2N4O3S/c1-2-13-37-26-31-10-9-25(32-26)19-3-6-21(7-4-19)34-15-22-16-35-27(36-22,17-33-12-11-30-18-33)23-8-5-20(28)14-24(23)29/h3-12,14,18,22H,2,13,15-17H2,1H3. The Labute approximate surface area is 230 Å². The number of nitrogens with zero attached hydrogens (tertiary/aromatic N) is 4. The Morgan fingerprint density at radius 1 is 1.14 bits per heavy atom. The Morgan fingerprint density at radius 2 is 2.00 bits per heavy atom. The molecule has 0 bridgehead atoms. The van der Waals surface area contributed by atoms with Gasteiger partial charge in [0.25, 0.3) is 0 Å². The van der Waals surface area contributed by atoms with Crippen LogP contribution in [0, 0.1) is 0 Å². The van der Waals surface area contributed by atoms with E-state index in [4.69, 9.17) is 37.4 Å². The summed E-state index contributed by atoms with van der Waals surface area (Å²) in [6.45, 7) is 3.20. The topological polar surface area (TPSA) is 71.3 Å². The summed E-state index contributed by atoms with van der Waals surface area (Å²) >= 11 is 14.3. The molecule has 1 aliphatic heterocycles. The zero-order valence-electron chi connectivity index (χ0n) is 20.2. The van der Waals surface area contributed by atoms with Crippen LogP contribution in [0.15, 0.2) is 78.6 Å². The first-order valence-electron chi connectivity index (χ1n) is 12.0. The number of rotatable bonds is 10. The van der Waals surface area contributed by atoms with E-state index in [1.54, 1.807) is 42.6 Å². The molecule has 0 aliphatic carbocycles. The third kappa shape index (κ3) is 6.27. The Hall–Kier alpha value is -2.62. The molecule has 3 heterocycles. The molecular weight excluding hydrogens is 531 g/mol. The normalized spacial score (nSPS) is 19.3. The quantitative estimate of drug-likeness (QED) is 0.163. The number of benzene rings is 2. The molecule has 2 unspecified atom stereocenters. The first-order chi connectivity index (χ1) is 18.0. The van der Waals surface area contributed by atoms with Gasteiger partial charge in [-0.25, -0.2) is 15.0 Å². The average Bonchev–Trinajstić information content (AvgIpc) is 3.57. The van der Waals surface area contributed by atoms with Crippen molar-refractivity contribution in [2.24, 2.45) is 0 Å². The minimum Gasteiger partial charge on any atom is -0.491 e. The van der Waals surface area contributed by atoms with Crippen molar-refractivity contribution in [1.29, 1.82) is 0 Å². The molecule has 2 aromatic carbocycles. The second kappa shape index (κ2) is 11.8. The number of imidazole rings is 1. The summed E-state index contributed by atoms with van der Waals surface area (Å²) in [6, 6.07) is 15.1. The van der Waals surface area contributed by atoms with E-state index in [0.29, 0.717) is 35.4 Å². The van der Waals surface area contributed by atoms with Crippen LogP contribution < -0.4 is 4.74 Å². The van der Waals surface area contributed by atoms with Crippen LogP contribution in [0.1, 0.15) is 18.9 Å². The fourth-order valence-electron chi connectivity index (χ4n) is 4.05. The lowest BCUT2D eigenvalue weighted by Crippen LogP contribution is -2.34. The highest BCUT2D eigenvalue weighted by Gasteiger charge is 2.45. The van der Waals surface area contributed by atoms with Crippen LogP contribution in [-0.2, 0) is 21.8 Å². The minimum absolute atomic E-state index is 0.296. The van der Waals surface area contributed by atoms with Gasteiger partial charge < -0.3 is 18.8 Å². The van der Waals surface area contributed by atoms with Crippen molar-refractivity contribution in [2.75, 3.05) is 19.0 Å². The number of hydrogen-bond acceptors (Lipinski definition) is 7. The van der Waals surface area contributed by atoms with Gasteiger partial charge in [0.15, 0.2) is 5.16 Å². The van der Waals surface area contributed by atoms with Crippen LogP contribution >= 0.6 is 35.0 Å². The second-order valence-electron chi connectivity index (χ2n) is 8.57. The highest BCUT2D eigenvalue weighted by molar-refractivity contribution is 7.99. The maximum absolute atomic E-state index is 6.55. The van der Waals surface area contributed by atoms with Crippen molar-refractivity contribution >= 4 is 35.0 Å². The molecule has 0 radical (unpaired) electrons. The molecular formula is C27H26Cl2N4O3S. The number of hydrogen-bond donors (Lipinski definition) is 0. The van der Waals surface area contributed by atoms with E-state index in [2.05, 4.69) is 21.9 Å². The molecule has 37 heavy (non-hydrogen) atoms. The molecule has 2 atom stereocenters. The highest BCUT2D eigenvalue weighted by atomic mass is 35.5. The number of halogens is 2. The van der Waals surface area contributed by atoms with Crippen LogP contribution in [0.2, 0.25) is 10.0 Å². The number of aromatic nitrogens is 4. The molecule has 0 spiro atoms. The van der Waals surface area contributed by atoms with Crippen LogP contribution in [0.25, 0.3) is 11.3 Å². The van der Waals surface area contributed by atoms with Crippen LogP contribution in [0.4, 0.5) is 0 Å². The van der Waals surface area contributed by atoms with E-state index in [9.17, 15) is 0 Å². The van der Waals surface area contributed by atoms with E-state index in [-0.39, 0.29) is 6.10 Å². The second-order valence-corrected chi connectivity index (χ2v) is 10.5. The first kappa shape index (κ1) is 26.0. The molecule has 1 aliphatic rings. The summed E-state index contributed by atoms with van der Waals surface area (Å²) < 4.78 is 20.6.